The van der Waals surface area contributed by atoms with Crippen LogP contribution in [0.1, 0.15) is 33.1 Å². The van der Waals surface area contributed by atoms with Crippen LogP contribution in [0.5, 0.6) is 0 Å². The summed E-state index contributed by atoms with van der Waals surface area (Å²) in [6.45, 7) is 4.09. The third-order valence-corrected chi connectivity index (χ3v) is 2.86. The van der Waals surface area contributed by atoms with Gasteiger partial charge in [-0.1, -0.05) is 17.2 Å². The second-order valence-electron chi connectivity index (χ2n) is 4.71. The number of cyclic esters (lactones) is 1. The number of esters is 1. The number of hydrogen-bond donors (Lipinski definition) is 1. The Bertz CT molecular complexity index is 441. The van der Waals surface area contributed by atoms with Crippen LogP contribution in [0.25, 0.3) is 0 Å². The van der Waals surface area contributed by atoms with Crippen molar-refractivity contribution in [1.29, 1.82) is 0 Å². The Morgan fingerprint density at radius 1 is 1.42 bits per heavy atom. The monoisotopic (exact) mass is 264 g/mol. The molecule has 0 radical (unpaired) electrons. The van der Waals surface area contributed by atoms with Gasteiger partial charge in [0.05, 0.1) is 6.61 Å². The van der Waals surface area contributed by atoms with Crippen LogP contribution in [0.4, 0.5) is 0 Å². The molecule has 0 aromatic carbocycles. The van der Waals surface area contributed by atoms with Crippen molar-refractivity contribution < 1.29 is 19.4 Å². The number of carbonyl (C=O) groups is 2. The van der Waals surface area contributed by atoms with Gasteiger partial charge in [-0.25, -0.2) is 4.79 Å². The molecule has 0 fully saturated rings. The van der Waals surface area contributed by atoms with E-state index in [4.69, 9.17) is 9.84 Å². The molecule has 4 heteroatoms. The molecule has 1 heterocycles. The number of allylic oxidation sites excluding steroid dienone is 3. The molecule has 104 valence electrons. The number of rotatable bonds is 7. The molecule has 0 aromatic rings. The lowest BCUT2D eigenvalue weighted by atomic mass is 10.1. The molecule has 1 rings (SSSR count). The summed E-state index contributed by atoms with van der Waals surface area (Å²) in [6, 6.07) is 0. The summed E-state index contributed by atoms with van der Waals surface area (Å²) in [7, 11) is 0. The largest absolute Gasteiger partial charge is 0.458 e. The van der Waals surface area contributed by atoms with Gasteiger partial charge in [0.15, 0.2) is 5.78 Å². The zero-order valence-electron chi connectivity index (χ0n) is 11.4. The Kier molecular flexibility index (Phi) is 6.22. The average molecular weight is 264 g/mol. The third kappa shape index (κ3) is 5.66. The van der Waals surface area contributed by atoms with E-state index in [0.717, 1.165) is 24.0 Å². The molecular formula is C15H20O4. The molecule has 0 saturated heterocycles. The van der Waals surface area contributed by atoms with E-state index < -0.39 is 0 Å². The van der Waals surface area contributed by atoms with Gasteiger partial charge < -0.3 is 9.84 Å². The topological polar surface area (TPSA) is 63.6 Å². The van der Waals surface area contributed by atoms with Crippen LogP contribution >= 0.6 is 0 Å². The number of aliphatic hydroxyl groups excluding tert-OH is 1. The van der Waals surface area contributed by atoms with Gasteiger partial charge in [0, 0.05) is 12.0 Å². The smallest absolute Gasteiger partial charge is 0.334 e. The predicted molar refractivity (Wildman–Crippen MR) is 72.5 cm³/mol. The highest BCUT2D eigenvalue weighted by Crippen LogP contribution is 2.13. The first-order chi connectivity index (χ1) is 9.02. The second kappa shape index (κ2) is 7.69. The van der Waals surface area contributed by atoms with Crippen molar-refractivity contribution >= 4 is 11.8 Å². The average Bonchev–Trinajstić information content (AvgIpc) is 2.74. The van der Waals surface area contributed by atoms with Crippen molar-refractivity contribution in [2.45, 2.75) is 33.1 Å². The van der Waals surface area contributed by atoms with E-state index in [2.05, 4.69) is 0 Å². The minimum absolute atomic E-state index is 0.0674. The van der Waals surface area contributed by atoms with Crippen LogP contribution < -0.4 is 0 Å². The molecule has 19 heavy (non-hydrogen) atoms. The van der Waals surface area contributed by atoms with Crippen LogP contribution in [-0.4, -0.2) is 30.1 Å². The molecule has 0 aliphatic carbocycles. The molecule has 0 amide bonds. The van der Waals surface area contributed by atoms with E-state index in [1.54, 1.807) is 12.2 Å². The molecule has 0 saturated carbocycles. The van der Waals surface area contributed by atoms with Crippen LogP contribution in [0, 0.1) is 0 Å². The van der Waals surface area contributed by atoms with Gasteiger partial charge in [-0.05, 0) is 38.8 Å². The van der Waals surface area contributed by atoms with Crippen molar-refractivity contribution in [1.82, 2.24) is 0 Å². The highest BCUT2D eigenvalue weighted by atomic mass is 16.5. The summed E-state index contributed by atoms with van der Waals surface area (Å²) in [5, 5.41) is 8.84. The molecule has 0 unspecified atom stereocenters. The maximum Gasteiger partial charge on any atom is 0.334 e. The van der Waals surface area contributed by atoms with Crippen molar-refractivity contribution in [2.24, 2.45) is 0 Å². The Hall–Kier alpha value is -1.68. The van der Waals surface area contributed by atoms with E-state index in [0.29, 0.717) is 5.57 Å². The van der Waals surface area contributed by atoms with Gasteiger partial charge in [0.2, 0.25) is 0 Å². The maximum atomic E-state index is 11.7. The van der Waals surface area contributed by atoms with Gasteiger partial charge in [-0.2, -0.15) is 0 Å². The molecule has 0 atom stereocenters. The Morgan fingerprint density at radius 2 is 2.16 bits per heavy atom. The summed E-state index contributed by atoms with van der Waals surface area (Å²) in [6.07, 6.45) is 6.87. The summed E-state index contributed by atoms with van der Waals surface area (Å²) in [4.78, 5) is 22.9. The van der Waals surface area contributed by atoms with Crippen molar-refractivity contribution in [3.63, 3.8) is 0 Å². The first-order valence-electron chi connectivity index (χ1n) is 6.35. The standard InChI is InChI=1S/C15H20O4/c1-11(4-3-5-12(2)10-16)8-14(17)9-13-6-7-19-15(13)18/h5-6,8,16H,3-4,7,9-10H2,1-2H3/b11-8+,12-5+. The molecule has 0 aromatic heterocycles. The van der Waals surface area contributed by atoms with Gasteiger partial charge >= 0.3 is 5.97 Å². The molecule has 0 spiro atoms. The van der Waals surface area contributed by atoms with Crippen molar-refractivity contribution in [3.8, 4) is 0 Å². The maximum absolute atomic E-state index is 11.7. The highest BCUT2D eigenvalue weighted by molar-refractivity contribution is 6.01. The van der Waals surface area contributed by atoms with Crippen LogP contribution in [0.2, 0.25) is 0 Å². The first-order valence-corrected chi connectivity index (χ1v) is 6.35. The summed E-state index contributed by atoms with van der Waals surface area (Å²) in [5.41, 5.74) is 2.35. The van der Waals surface area contributed by atoms with Crippen molar-refractivity contribution in [3.05, 3.63) is 34.9 Å². The number of carbonyl (C=O) groups excluding carboxylic acids is 2. The Morgan fingerprint density at radius 3 is 2.74 bits per heavy atom. The number of ketones is 1. The quantitative estimate of drug-likeness (QED) is 0.434. The van der Waals surface area contributed by atoms with E-state index in [9.17, 15) is 9.59 Å². The zero-order chi connectivity index (χ0) is 14.3. The molecule has 1 aliphatic rings. The fourth-order valence-electron chi connectivity index (χ4n) is 1.73. The second-order valence-corrected chi connectivity index (χ2v) is 4.71. The molecule has 0 bridgehead atoms. The minimum atomic E-state index is -0.388. The Labute approximate surface area is 113 Å². The number of aliphatic hydroxyl groups is 1. The van der Waals surface area contributed by atoms with Crippen LogP contribution in [-0.2, 0) is 14.3 Å². The van der Waals surface area contributed by atoms with E-state index >= 15 is 0 Å². The SMILES string of the molecule is C/C(=C\CC/C(C)=C/C(=O)CC1=CCOC1=O)CO. The van der Waals surface area contributed by atoms with E-state index in [1.165, 1.54) is 0 Å². The molecule has 1 aliphatic heterocycles. The zero-order valence-corrected chi connectivity index (χ0v) is 11.4. The van der Waals surface area contributed by atoms with E-state index in [-0.39, 0.29) is 31.4 Å². The molecule has 4 nitrogen and oxygen atoms in total. The van der Waals surface area contributed by atoms with Gasteiger partial charge in [0.25, 0.3) is 0 Å². The number of ether oxygens (including phenoxy) is 1. The normalized spacial score (nSPS) is 16.4. The lowest BCUT2D eigenvalue weighted by Gasteiger charge is -2.00. The fraction of sp³-hybridized carbons (Fsp3) is 0.467. The third-order valence-electron chi connectivity index (χ3n) is 2.86. The van der Waals surface area contributed by atoms with Gasteiger partial charge in [-0.3, -0.25) is 4.79 Å². The summed E-state index contributed by atoms with van der Waals surface area (Å²) >= 11 is 0. The molecular weight excluding hydrogens is 244 g/mol. The fourth-order valence-corrected chi connectivity index (χ4v) is 1.73. The van der Waals surface area contributed by atoms with Crippen LogP contribution in [0.3, 0.4) is 0 Å². The number of hydrogen-bond acceptors (Lipinski definition) is 4. The van der Waals surface area contributed by atoms with Crippen LogP contribution in [0.15, 0.2) is 34.9 Å². The first kappa shape index (κ1) is 15.4. The highest BCUT2D eigenvalue weighted by Gasteiger charge is 2.18. The van der Waals surface area contributed by atoms with Gasteiger partial charge in [0.1, 0.15) is 6.61 Å². The lowest BCUT2D eigenvalue weighted by molar-refractivity contribution is -0.136. The molecule has 1 N–H and O–H groups in total. The summed E-state index contributed by atoms with van der Waals surface area (Å²) < 4.78 is 4.74. The summed E-state index contributed by atoms with van der Waals surface area (Å²) in [5.74, 6) is -0.466. The predicted octanol–water partition coefficient (Wildman–Crippen LogP) is 2.09. The van der Waals surface area contributed by atoms with E-state index in [1.807, 2.05) is 19.9 Å². The minimum Gasteiger partial charge on any atom is -0.458 e. The van der Waals surface area contributed by atoms with Crippen molar-refractivity contribution in [2.75, 3.05) is 13.2 Å². The van der Waals surface area contributed by atoms with Gasteiger partial charge in [-0.15, -0.1) is 0 Å². The Balaban J connectivity index is 2.41. The lowest BCUT2D eigenvalue weighted by Crippen LogP contribution is -2.04.